The Labute approximate surface area is 230 Å². The summed E-state index contributed by atoms with van der Waals surface area (Å²) in [6.07, 6.45) is 0. The second-order valence-electron chi connectivity index (χ2n) is 6.53. The molecule has 0 spiro atoms. The molecule has 0 unspecified atom stereocenters. The van der Waals surface area contributed by atoms with E-state index in [1.54, 1.807) is 0 Å². The Kier molecular flexibility index (Phi) is 13.9. The van der Waals surface area contributed by atoms with Crippen molar-refractivity contribution in [1.82, 2.24) is 0 Å². The van der Waals surface area contributed by atoms with Crippen LogP contribution in [0.25, 0.3) is 0 Å². The van der Waals surface area contributed by atoms with Crippen molar-refractivity contribution in [3.05, 3.63) is 0 Å². The summed E-state index contributed by atoms with van der Waals surface area (Å²) in [4.78, 5) is 0. The van der Waals surface area contributed by atoms with Crippen LogP contribution in [0.3, 0.4) is 0 Å². The molecule has 0 atom stereocenters. The second kappa shape index (κ2) is 14.6. The maximum atomic E-state index is 13.8. The van der Waals surface area contributed by atoms with Crippen LogP contribution in [0.4, 0.5) is 0 Å². The van der Waals surface area contributed by atoms with Crippen LogP contribution >= 0.6 is 43.7 Å². The Morgan fingerprint density at radius 1 is 0.500 bits per heavy atom. The monoisotopic (exact) mass is 702 g/mol. The van der Waals surface area contributed by atoms with E-state index >= 15 is 0 Å². The van der Waals surface area contributed by atoms with Gasteiger partial charge in [0.25, 0.3) is 0 Å². The first-order chi connectivity index (χ1) is 17.7. The molecule has 0 aromatic carbocycles. The van der Waals surface area contributed by atoms with E-state index in [0.29, 0.717) is 0 Å². The van der Waals surface area contributed by atoms with E-state index in [9.17, 15) is 27.4 Å². The van der Waals surface area contributed by atoms with Gasteiger partial charge in [-0.05, 0) is 41.5 Å². The minimum absolute atomic E-state index is 0.165. The van der Waals surface area contributed by atoms with E-state index in [0.717, 1.165) is 0 Å². The number of rotatable bonds is 19. The van der Waals surface area contributed by atoms with Crippen LogP contribution in [0, 0.1) is 0 Å². The molecule has 0 aliphatic carbocycles. The van der Waals surface area contributed by atoms with Crippen molar-refractivity contribution in [2.75, 3.05) is 39.6 Å². The van der Waals surface area contributed by atoms with Crippen molar-refractivity contribution < 1.29 is 76.0 Å². The molecule has 2 saturated heterocycles. The van der Waals surface area contributed by atoms with Gasteiger partial charge in [-0.15, -0.1) is 0 Å². The Bertz CT molecular complexity index is 986. The molecule has 0 bridgehead atoms. The molecule has 2 aliphatic heterocycles. The summed E-state index contributed by atoms with van der Waals surface area (Å²) < 4.78 is 139. The molecule has 2 heterocycles. The van der Waals surface area contributed by atoms with Crippen LogP contribution in [0.5, 0.6) is 0 Å². The van der Waals surface area contributed by atoms with Crippen LogP contribution in [0.1, 0.15) is 41.5 Å². The van der Waals surface area contributed by atoms with Gasteiger partial charge in [-0.1, -0.05) is 0 Å². The van der Waals surface area contributed by atoms with Crippen molar-refractivity contribution in [3.8, 4) is 0 Å². The topological polar surface area (TPSA) is 213 Å². The quantitative estimate of drug-likeness (QED) is 0.108. The Hall–Kier alpha value is 1.96. The van der Waals surface area contributed by atoms with Crippen LogP contribution in [0.15, 0.2) is 0 Å². The predicted molar refractivity (Wildman–Crippen MR) is 133 cm³/mol. The maximum absolute atomic E-state index is 13.8. The number of hydrogen-bond donors (Lipinski definition) is 0. The predicted octanol–water partition coefficient (Wildman–Crippen LogP) is 6.21. The van der Waals surface area contributed by atoms with Crippen molar-refractivity contribution in [2.45, 2.75) is 41.5 Å². The average molecular weight is 702 g/mol. The molecule has 2 aliphatic rings. The third-order valence-electron chi connectivity index (χ3n) is 3.97. The molecule has 18 nitrogen and oxygen atoms in total. The molecule has 0 saturated carbocycles. The summed E-state index contributed by atoms with van der Waals surface area (Å²) in [5.41, 5.74) is 0. The summed E-state index contributed by atoms with van der Waals surface area (Å²) in [5, 5.41) is 0. The third kappa shape index (κ3) is 7.54. The maximum Gasteiger partial charge on any atom is 0.927 e. The average Bonchev–Trinajstić information content (AvgIpc) is 2.77. The molecule has 222 valence electrons. The van der Waals surface area contributed by atoms with Crippen molar-refractivity contribution in [1.29, 1.82) is 0 Å². The molecular formula is C12H30Al2O18P6. The highest BCUT2D eigenvalue weighted by Crippen LogP contribution is 2.92. The Balaban J connectivity index is 2.28. The highest BCUT2D eigenvalue weighted by atomic mass is 32.1. The third-order valence-corrected chi connectivity index (χ3v) is 32.4. The summed E-state index contributed by atoms with van der Waals surface area (Å²) in [7, 11) is -27.8. The van der Waals surface area contributed by atoms with Crippen LogP contribution < -0.4 is 0 Å². The lowest BCUT2D eigenvalue weighted by molar-refractivity contribution is 0.161. The van der Waals surface area contributed by atoms with Gasteiger partial charge in [0.2, 0.25) is 0 Å². The van der Waals surface area contributed by atoms with Gasteiger partial charge >= 0.3 is 74.0 Å². The van der Waals surface area contributed by atoms with Gasteiger partial charge < -0.3 is 48.6 Å². The second-order valence-corrected chi connectivity index (χ2v) is 28.7. The zero-order chi connectivity index (χ0) is 28.9. The summed E-state index contributed by atoms with van der Waals surface area (Å²) in [6, 6.07) is 0. The SMILES string of the molecule is CCOP(=O)(OCC)P1(=O)[O][Al]([O]P(=O)([O][Al]2[O]P(=O)(P(=O)(OCC)OCC)[O]2)P(=O)(OCC)OCC)[O]1. The molecule has 0 amide bonds. The van der Waals surface area contributed by atoms with Gasteiger partial charge in [0.1, 0.15) is 0 Å². The zero-order valence-electron chi connectivity index (χ0n) is 21.4. The lowest BCUT2D eigenvalue weighted by atomic mass is 10.9. The van der Waals surface area contributed by atoms with Crippen LogP contribution in [-0.4, -0.2) is 69.9 Å². The normalized spacial score (nSPS) is 19.7. The van der Waals surface area contributed by atoms with E-state index < -0.39 is 74.0 Å². The molecule has 26 heteroatoms. The van der Waals surface area contributed by atoms with Crippen molar-refractivity contribution in [3.63, 3.8) is 0 Å². The van der Waals surface area contributed by atoms with Gasteiger partial charge in [0.05, 0.1) is 39.6 Å². The van der Waals surface area contributed by atoms with Crippen molar-refractivity contribution in [2.24, 2.45) is 0 Å². The summed E-state index contributed by atoms with van der Waals surface area (Å²) >= 11 is -7.53. The summed E-state index contributed by atoms with van der Waals surface area (Å²) in [6.45, 7) is 7.41. The first kappa shape index (κ1) is 36.2. The van der Waals surface area contributed by atoms with Crippen LogP contribution in [-0.2, 0) is 76.0 Å². The van der Waals surface area contributed by atoms with E-state index in [1.165, 1.54) is 41.5 Å². The first-order valence-corrected chi connectivity index (χ1v) is 25.5. The minimum Gasteiger partial charge on any atom is -0.377 e. The smallest absolute Gasteiger partial charge is 0.377 e. The summed E-state index contributed by atoms with van der Waals surface area (Å²) in [5.74, 6) is 0. The highest BCUT2D eigenvalue weighted by molar-refractivity contribution is 8.30. The molecular weight excluding hydrogens is 672 g/mol. The molecule has 0 aromatic rings. The van der Waals surface area contributed by atoms with Gasteiger partial charge in [0.15, 0.2) is 0 Å². The molecule has 0 radical (unpaired) electrons. The number of hydrogen-bond acceptors (Lipinski definition) is 18. The highest BCUT2D eigenvalue weighted by Gasteiger charge is 2.74. The van der Waals surface area contributed by atoms with Gasteiger partial charge in [-0.25, -0.2) is 13.7 Å². The van der Waals surface area contributed by atoms with E-state index in [4.69, 9.17) is 48.6 Å². The van der Waals surface area contributed by atoms with Gasteiger partial charge in [-0.2, -0.15) is 0 Å². The van der Waals surface area contributed by atoms with E-state index in [1.807, 2.05) is 0 Å². The standard InChI is InChI=1S/3C4H12O6P2.2Al/c3*1-3-9-12(8,10-4-2)11(5,6)7;;/h3*3-4H2,1-2H3,(H2,5,6,7);;/q;;;2*+3/p-6. The van der Waals surface area contributed by atoms with E-state index in [2.05, 4.69) is 0 Å². The molecule has 2 fully saturated rings. The molecule has 2 rings (SSSR count). The molecule has 0 aromatic heterocycles. The van der Waals surface area contributed by atoms with Gasteiger partial charge in [0, 0.05) is 0 Å². The Morgan fingerprint density at radius 2 is 0.763 bits per heavy atom. The Morgan fingerprint density at radius 3 is 1.00 bits per heavy atom. The fraction of sp³-hybridized carbons (Fsp3) is 1.00. The van der Waals surface area contributed by atoms with Gasteiger partial charge in [-0.3, -0.25) is 13.7 Å². The zero-order valence-corrected chi connectivity index (χ0v) is 29.1. The lowest BCUT2D eigenvalue weighted by Crippen LogP contribution is -2.38. The lowest BCUT2D eigenvalue weighted by Gasteiger charge is -2.39. The minimum atomic E-state index is -5.15. The first-order valence-electron chi connectivity index (χ1n) is 11.3. The van der Waals surface area contributed by atoms with Crippen LogP contribution in [0.2, 0.25) is 0 Å². The van der Waals surface area contributed by atoms with E-state index in [-0.39, 0.29) is 39.6 Å². The largest absolute Gasteiger partial charge is 0.927 e. The fourth-order valence-corrected chi connectivity index (χ4v) is 31.4. The fourth-order valence-electron chi connectivity index (χ4n) is 2.63. The molecule has 38 heavy (non-hydrogen) atoms. The molecule has 0 N–H and O–H groups in total. The van der Waals surface area contributed by atoms with Crippen molar-refractivity contribution >= 4 is 74.0 Å².